The second-order valence-corrected chi connectivity index (χ2v) is 5.77. The molecule has 22 heavy (non-hydrogen) atoms. The van der Waals surface area contributed by atoms with E-state index in [1.165, 1.54) is 0 Å². The Morgan fingerprint density at radius 1 is 1.18 bits per heavy atom. The van der Waals surface area contributed by atoms with Gasteiger partial charge in [-0.2, -0.15) is 0 Å². The van der Waals surface area contributed by atoms with E-state index in [-0.39, 0.29) is 36.9 Å². The molecule has 3 N–H and O–H groups in total. The Morgan fingerprint density at radius 2 is 1.77 bits per heavy atom. The van der Waals surface area contributed by atoms with Crippen molar-refractivity contribution in [3.63, 3.8) is 0 Å². The molecule has 1 aromatic carbocycles. The third kappa shape index (κ3) is 5.46. The fourth-order valence-corrected chi connectivity index (χ4v) is 2.30. The van der Waals surface area contributed by atoms with Crippen molar-refractivity contribution in [1.29, 1.82) is 0 Å². The third-order valence-electron chi connectivity index (χ3n) is 3.30. The summed E-state index contributed by atoms with van der Waals surface area (Å²) in [7, 11) is 3.68. The molecule has 0 aliphatic heterocycles. The van der Waals surface area contributed by atoms with Gasteiger partial charge in [-0.15, -0.1) is 0 Å². The van der Waals surface area contributed by atoms with Gasteiger partial charge in [-0.05, 0) is 37.7 Å². The number of likely N-dealkylation sites (N-methyl/N-ethyl adjacent to an activating group) is 1. The Morgan fingerprint density at radius 3 is 2.23 bits per heavy atom. The van der Waals surface area contributed by atoms with E-state index in [0.717, 1.165) is 5.56 Å². The van der Waals surface area contributed by atoms with E-state index in [9.17, 15) is 9.59 Å². The standard InChI is InChI=1S/C16H25N3O3/c1-11(2)15(19(3)4)16(22)17-9-14(21)18-13-7-5-12(10-20)6-8-13/h5-8,11,15,20H,9-10H2,1-4H3,(H,17,22)(H,18,21)/t15-/m0/s1. The van der Waals surface area contributed by atoms with E-state index >= 15 is 0 Å². The van der Waals surface area contributed by atoms with Crippen molar-refractivity contribution in [2.75, 3.05) is 26.0 Å². The maximum Gasteiger partial charge on any atom is 0.243 e. The van der Waals surface area contributed by atoms with Gasteiger partial charge in [-0.3, -0.25) is 14.5 Å². The van der Waals surface area contributed by atoms with Crippen LogP contribution in [0.3, 0.4) is 0 Å². The Labute approximate surface area is 131 Å². The normalized spacial score (nSPS) is 12.3. The second kappa shape index (κ2) is 8.51. The number of hydrogen-bond acceptors (Lipinski definition) is 4. The van der Waals surface area contributed by atoms with Gasteiger partial charge in [0.2, 0.25) is 11.8 Å². The maximum atomic E-state index is 12.1. The van der Waals surface area contributed by atoms with E-state index in [2.05, 4.69) is 10.6 Å². The van der Waals surface area contributed by atoms with Crippen LogP contribution in [0.4, 0.5) is 5.69 Å². The number of rotatable bonds is 7. The average molecular weight is 307 g/mol. The van der Waals surface area contributed by atoms with E-state index in [1.54, 1.807) is 24.3 Å². The second-order valence-electron chi connectivity index (χ2n) is 5.77. The molecule has 2 amide bonds. The average Bonchev–Trinajstić information content (AvgIpc) is 2.45. The summed E-state index contributed by atoms with van der Waals surface area (Å²) >= 11 is 0. The van der Waals surface area contributed by atoms with Crippen LogP contribution < -0.4 is 10.6 Å². The zero-order chi connectivity index (χ0) is 16.7. The van der Waals surface area contributed by atoms with Crippen LogP contribution in [0.15, 0.2) is 24.3 Å². The predicted octanol–water partition coefficient (Wildman–Crippen LogP) is 0.820. The number of aliphatic hydroxyl groups excluding tert-OH is 1. The predicted molar refractivity (Wildman–Crippen MR) is 86.3 cm³/mol. The number of anilines is 1. The highest BCUT2D eigenvalue weighted by molar-refractivity contribution is 5.95. The van der Waals surface area contributed by atoms with Gasteiger partial charge in [0.25, 0.3) is 0 Å². The summed E-state index contributed by atoms with van der Waals surface area (Å²) in [6, 6.07) is 6.62. The van der Waals surface area contributed by atoms with Crippen molar-refractivity contribution >= 4 is 17.5 Å². The summed E-state index contributed by atoms with van der Waals surface area (Å²) in [6.45, 7) is 3.82. The minimum atomic E-state index is -0.286. The summed E-state index contributed by atoms with van der Waals surface area (Å²) in [5.74, 6) is -0.291. The van der Waals surface area contributed by atoms with E-state index < -0.39 is 0 Å². The lowest BCUT2D eigenvalue weighted by Gasteiger charge is -2.26. The van der Waals surface area contributed by atoms with Crippen LogP contribution in [0.1, 0.15) is 19.4 Å². The molecular weight excluding hydrogens is 282 g/mol. The molecule has 0 aromatic heterocycles. The minimum Gasteiger partial charge on any atom is -0.392 e. The summed E-state index contributed by atoms with van der Waals surface area (Å²) in [5.41, 5.74) is 1.40. The number of carbonyl (C=O) groups is 2. The number of carbonyl (C=O) groups excluding carboxylic acids is 2. The lowest BCUT2D eigenvalue weighted by atomic mass is 10.0. The van der Waals surface area contributed by atoms with E-state index in [1.807, 2.05) is 32.8 Å². The summed E-state index contributed by atoms with van der Waals surface area (Å²) in [5, 5.41) is 14.3. The van der Waals surface area contributed by atoms with E-state index in [4.69, 9.17) is 5.11 Å². The van der Waals surface area contributed by atoms with E-state index in [0.29, 0.717) is 5.69 Å². The number of aliphatic hydroxyl groups is 1. The summed E-state index contributed by atoms with van der Waals surface area (Å²) < 4.78 is 0. The zero-order valence-electron chi connectivity index (χ0n) is 13.6. The van der Waals surface area contributed by atoms with Crippen molar-refractivity contribution in [2.45, 2.75) is 26.5 Å². The Bertz CT molecular complexity index is 490. The molecule has 0 radical (unpaired) electrons. The fourth-order valence-electron chi connectivity index (χ4n) is 2.30. The molecule has 0 aliphatic carbocycles. The van der Waals surface area contributed by atoms with Gasteiger partial charge < -0.3 is 15.7 Å². The molecule has 1 aromatic rings. The molecule has 1 atom stereocenters. The highest BCUT2D eigenvalue weighted by Crippen LogP contribution is 2.09. The molecule has 0 unspecified atom stereocenters. The number of nitrogens with one attached hydrogen (secondary N) is 2. The number of nitrogens with zero attached hydrogens (tertiary/aromatic N) is 1. The molecule has 0 heterocycles. The highest BCUT2D eigenvalue weighted by Gasteiger charge is 2.24. The minimum absolute atomic E-state index is 0.0363. The smallest absolute Gasteiger partial charge is 0.243 e. The molecule has 122 valence electrons. The fraction of sp³-hybridized carbons (Fsp3) is 0.500. The van der Waals surface area contributed by atoms with Gasteiger partial charge in [-0.1, -0.05) is 26.0 Å². The van der Waals surface area contributed by atoms with Crippen LogP contribution in [0.5, 0.6) is 0 Å². The van der Waals surface area contributed by atoms with Crippen LogP contribution in [-0.2, 0) is 16.2 Å². The Kier molecular flexibility index (Phi) is 7.01. The number of hydrogen-bond donors (Lipinski definition) is 3. The monoisotopic (exact) mass is 307 g/mol. The van der Waals surface area contributed by atoms with Crippen LogP contribution in [-0.4, -0.2) is 48.5 Å². The maximum absolute atomic E-state index is 12.1. The molecule has 0 aliphatic rings. The number of benzene rings is 1. The summed E-state index contributed by atoms with van der Waals surface area (Å²) in [4.78, 5) is 25.8. The molecule has 0 fully saturated rings. The lowest BCUT2D eigenvalue weighted by molar-refractivity contribution is -0.128. The first-order valence-electron chi connectivity index (χ1n) is 7.29. The van der Waals surface area contributed by atoms with Gasteiger partial charge in [0.15, 0.2) is 0 Å². The van der Waals surface area contributed by atoms with Crippen molar-refractivity contribution in [2.24, 2.45) is 5.92 Å². The molecule has 0 saturated heterocycles. The van der Waals surface area contributed by atoms with Crippen molar-refractivity contribution < 1.29 is 14.7 Å². The first-order valence-corrected chi connectivity index (χ1v) is 7.29. The Hall–Kier alpha value is -1.92. The largest absolute Gasteiger partial charge is 0.392 e. The zero-order valence-corrected chi connectivity index (χ0v) is 13.6. The highest BCUT2D eigenvalue weighted by atomic mass is 16.3. The van der Waals surface area contributed by atoms with Gasteiger partial charge in [0.05, 0.1) is 19.2 Å². The van der Waals surface area contributed by atoms with Gasteiger partial charge >= 0.3 is 0 Å². The molecule has 6 nitrogen and oxygen atoms in total. The first kappa shape index (κ1) is 18.1. The third-order valence-corrected chi connectivity index (χ3v) is 3.30. The van der Waals surface area contributed by atoms with Crippen molar-refractivity contribution in [3.8, 4) is 0 Å². The van der Waals surface area contributed by atoms with Crippen LogP contribution in [0.25, 0.3) is 0 Å². The molecule has 6 heteroatoms. The van der Waals surface area contributed by atoms with Gasteiger partial charge in [0, 0.05) is 5.69 Å². The topological polar surface area (TPSA) is 81.7 Å². The van der Waals surface area contributed by atoms with Gasteiger partial charge in [-0.25, -0.2) is 0 Å². The Balaban J connectivity index is 2.49. The molecule has 1 rings (SSSR count). The molecule has 0 spiro atoms. The lowest BCUT2D eigenvalue weighted by Crippen LogP contribution is -2.48. The quantitative estimate of drug-likeness (QED) is 0.696. The molecular formula is C16H25N3O3. The molecule has 0 saturated carbocycles. The van der Waals surface area contributed by atoms with Crippen LogP contribution in [0.2, 0.25) is 0 Å². The number of amides is 2. The summed E-state index contributed by atoms with van der Waals surface area (Å²) in [6.07, 6.45) is 0. The van der Waals surface area contributed by atoms with Crippen molar-refractivity contribution in [3.05, 3.63) is 29.8 Å². The van der Waals surface area contributed by atoms with Crippen LogP contribution in [0, 0.1) is 5.92 Å². The van der Waals surface area contributed by atoms with Crippen molar-refractivity contribution in [1.82, 2.24) is 10.2 Å². The van der Waals surface area contributed by atoms with Crippen LogP contribution >= 0.6 is 0 Å². The molecule has 0 bridgehead atoms. The SMILES string of the molecule is CC(C)[C@@H](C(=O)NCC(=O)Nc1ccc(CO)cc1)N(C)C. The van der Waals surface area contributed by atoms with Gasteiger partial charge in [0.1, 0.15) is 0 Å². The first-order chi connectivity index (χ1) is 10.3.